The Balaban J connectivity index is 2.25. The second-order valence-electron chi connectivity index (χ2n) is 4.48. The fourth-order valence-electron chi connectivity index (χ4n) is 2.08. The number of aryl methyl sites for hydroxylation is 2. The summed E-state index contributed by atoms with van der Waals surface area (Å²) in [6.07, 6.45) is 6.48. The first-order chi connectivity index (χ1) is 9.26. The number of nitrogens with one attached hydrogen (secondary N) is 1. The molecule has 5 heteroatoms. The molecule has 0 saturated heterocycles. The van der Waals surface area contributed by atoms with Crippen LogP contribution in [-0.2, 0) is 6.42 Å². The van der Waals surface area contributed by atoms with E-state index in [1.165, 1.54) is 0 Å². The Bertz CT molecular complexity index is 536. The first kappa shape index (κ1) is 13.5. The molecule has 2 aromatic heterocycles. The quantitative estimate of drug-likeness (QED) is 0.779. The van der Waals surface area contributed by atoms with Gasteiger partial charge in [0.25, 0.3) is 0 Å². The normalized spacial score (nSPS) is 10.7. The van der Waals surface area contributed by atoms with Crippen molar-refractivity contribution in [1.29, 1.82) is 0 Å². The van der Waals surface area contributed by atoms with E-state index in [1.54, 1.807) is 19.5 Å². The minimum Gasteiger partial charge on any atom is -0.496 e. The van der Waals surface area contributed by atoms with Crippen molar-refractivity contribution in [1.82, 2.24) is 15.0 Å². The first-order valence-electron chi connectivity index (χ1n) is 6.50. The van der Waals surface area contributed by atoms with Crippen LogP contribution in [0.3, 0.4) is 0 Å². The average Bonchev–Trinajstić information content (AvgIpc) is 2.80. The van der Waals surface area contributed by atoms with Gasteiger partial charge in [0, 0.05) is 24.5 Å². The lowest BCUT2D eigenvalue weighted by atomic mass is 10.1. The summed E-state index contributed by atoms with van der Waals surface area (Å²) in [4.78, 5) is 12.1. The fourth-order valence-corrected chi connectivity index (χ4v) is 2.08. The number of nitrogens with zero attached hydrogens (tertiary/aromatic N) is 2. The summed E-state index contributed by atoms with van der Waals surface area (Å²) in [5, 5.41) is 0. The van der Waals surface area contributed by atoms with Crippen LogP contribution in [0.2, 0.25) is 0 Å². The number of aromatic amines is 1. The molecule has 2 aromatic rings. The van der Waals surface area contributed by atoms with Gasteiger partial charge in [-0.25, -0.2) is 4.98 Å². The average molecular weight is 260 g/mol. The molecule has 0 unspecified atom stereocenters. The lowest BCUT2D eigenvalue weighted by Gasteiger charge is -2.05. The predicted molar refractivity (Wildman–Crippen MR) is 75.1 cm³/mol. The number of ether oxygens (including phenoxy) is 1. The number of hydrogen-bond acceptors (Lipinski definition) is 4. The lowest BCUT2D eigenvalue weighted by Crippen LogP contribution is -1.99. The summed E-state index contributed by atoms with van der Waals surface area (Å²) in [5.41, 5.74) is 8.37. The van der Waals surface area contributed by atoms with Crippen molar-refractivity contribution in [3.8, 4) is 17.0 Å². The molecule has 0 aliphatic carbocycles. The zero-order chi connectivity index (χ0) is 13.7. The standard InChI is InChI=1S/C14H20N4O/c1-10-14(11-9-16-8-6-12(11)19-2)18-13(17-10)5-3-4-7-15/h6,8-9H,3-5,7,15H2,1-2H3,(H,17,18). The number of H-pyrrole nitrogens is 1. The van der Waals surface area contributed by atoms with Crippen LogP contribution in [0.4, 0.5) is 0 Å². The monoisotopic (exact) mass is 260 g/mol. The van der Waals surface area contributed by atoms with Crippen LogP contribution in [-0.4, -0.2) is 28.6 Å². The Morgan fingerprint density at radius 2 is 2.21 bits per heavy atom. The summed E-state index contributed by atoms with van der Waals surface area (Å²) in [7, 11) is 1.66. The summed E-state index contributed by atoms with van der Waals surface area (Å²) in [5.74, 6) is 1.78. The molecule has 0 radical (unpaired) electrons. The zero-order valence-electron chi connectivity index (χ0n) is 11.4. The van der Waals surface area contributed by atoms with Crippen LogP contribution in [0.15, 0.2) is 18.5 Å². The van der Waals surface area contributed by atoms with Crippen LogP contribution >= 0.6 is 0 Å². The van der Waals surface area contributed by atoms with Crippen molar-refractivity contribution < 1.29 is 4.74 Å². The van der Waals surface area contributed by atoms with E-state index >= 15 is 0 Å². The van der Waals surface area contributed by atoms with Gasteiger partial charge in [0.2, 0.25) is 0 Å². The largest absolute Gasteiger partial charge is 0.496 e. The SMILES string of the molecule is COc1ccncc1-c1nc(CCCCN)[nH]c1C. The van der Waals surface area contributed by atoms with E-state index in [1.807, 2.05) is 13.0 Å². The van der Waals surface area contributed by atoms with E-state index in [0.717, 1.165) is 54.3 Å². The Hall–Kier alpha value is -1.88. The number of pyridine rings is 1. The van der Waals surface area contributed by atoms with Crippen molar-refractivity contribution in [2.75, 3.05) is 13.7 Å². The van der Waals surface area contributed by atoms with Gasteiger partial charge in [-0.15, -0.1) is 0 Å². The molecule has 0 atom stereocenters. The number of hydrogen-bond donors (Lipinski definition) is 2. The van der Waals surface area contributed by atoms with Crippen molar-refractivity contribution >= 4 is 0 Å². The third-order valence-corrected chi connectivity index (χ3v) is 3.06. The molecule has 0 bridgehead atoms. The molecular formula is C14H20N4O. The van der Waals surface area contributed by atoms with E-state index in [-0.39, 0.29) is 0 Å². The maximum atomic E-state index is 5.50. The molecular weight excluding hydrogens is 240 g/mol. The number of nitrogens with two attached hydrogens (primary N) is 1. The fraction of sp³-hybridized carbons (Fsp3) is 0.429. The Kier molecular flexibility index (Phi) is 4.52. The van der Waals surface area contributed by atoms with E-state index in [9.17, 15) is 0 Å². The maximum absolute atomic E-state index is 5.50. The summed E-state index contributed by atoms with van der Waals surface area (Å²) < 4.78 is 5.35. The van der Waals surface area contributed by atoms with Crippen molar-refractivity contribution in [2.45, 2.75) is 26.2 Å². The third-order valence-electron chi connectivity index (χ3n) is 3.06. The second-order valence-corrected chi connectivity index (χ2v) is 4.48. The molecule has 19 heavy (non-hydrogen) atoms. The summed E-state index contributed by atoms with van der Waals surface area (Å²) in [6.45, 7) is 2.74. The van der Waals surface area contributed by atoms with Gasteiger partial charge >= 0.3 is 0 Å². The molecule has 102 valence electrons. The lowest BCUT2D eigenvalue weighted by molar-refractivity contribution is 0.415. The second kappa shape index (κ2) is 6.33. The minimum atomic E-state index is 0.725. The number of rotatable bonds is 6. The minimum absolute atomic E-state index is 0.725. The van der Waals surface area contributed by atoms with Crippen LogP contribution in [0.1, 0.15) is 24.4 Å². The molecule has 2 rings (SSSR count). The molecule has 0 aromatic carbocycles. The van der Waals surface area contributed by atoms with E-state index < -0.39 is 0 Å². The van der Waals surface area contributed by atoms with Gasteiger partial charge in [-0.3, -0.25) is 4.98 Å². The number of imidazole rings is 1. The molecule has 5 nitrogen and oxygen atoms in total. The Morgan fingerprint density at radius 3 is 2.95 bits per heavy atom. The van der Waals surface area contributed by atoms with Gasteiger partial charge in [0.05, 0.1) is 18.4 Å². The van der Waals surface area contributed by atoms with Gasteiger partial charge < -0.3 is 15.5 Å². The topological polar surface area (TPSA) is 76.8 Å². The van der Waals surface area contributed by atoms with Crippen molar-refractivity contribution in [2.24, 2.45) is 5.73 Å². The zero-order valence-corrected chi connectivity index (χ0v) is 11.4. The molecule has 0 aliphatic heterocycles. The highest BCUT2D eigenvalue weighted by atomic mass is 16.5. The first-order valence-corrected chi connectivity index (χ1v) is 6.50. The van der Waals surface area contributed by atoms with Crippen LogP contribution in [0.25, 0.3) is 11.3 Å². The number of aromatic nitrogens is 3. The molecule has 0 spiro atoms. The highest BCUT2D eigenvalue weighted by Gasteiger charge is 2.13. The molecule has 0 saturated carbocycles. The van der Waals surface area contributed by atoms with E-state index in [0.29, 0.717) is 0 Å². The molecule has 0 fully saturated rings. The van der Waals surface area contributed by atoms with Gasteiger partial charge in [-0.1, -0.05) is 0 Å². The number of unbranched alkanes of at least 4 members (excludes halogenated alkanes) is 1. The Morgan fingerprint density at radius 1 is 1.37 bits per heavy atom. The van der Waals surface area contributed by atoms with Gasteiger partial charge in [0.15, 0.2) is 0 Å². The van der Waals surface area contributed by atoms with Gasteiger partial charge in [0.1, 0.15) is 11.6 Å². The highest BCUT2D eigenvalue weighted by molar-refractivity contribution is 5.68. The number of methoxy groups -OCH3 is 1. The maximum Gasteiger partial charge on any atom is 0.131 e. The molecule has 3 N–H and O–H groups in total. The summed E-state index contributed by atoms with van der Waals surface area (Å²) in [6, 6.07) is 1.84. The smallest absolute Gasteiger partial charge is 0.131 e. The van der Waals surface area contributed by atoms with Crippen LogP contribution in [0.5, 0.6) is 5.75 Å². The third kappa shape index (κ3) is 3.12. The van der Waals surface area contributed by atoms with Gasteiger partial charge in [-0.05, 0) is 32.4 Å². The van der Waals surface area contributed by atoms with Crippen molar-refractivity contribution in [3.05, 3.63) is 30.0 Å². The van der Waals surface area contributed by atoms with E-state index in [4.69, 9.17) is 10.5 Å². The predicted octanol–water partition coefficient (Wildman–Crippen LogP) is 2.07. The van der Waals surface area contributed by atoms with Crippen LogP contribution < -0.4 is 10.5 Å². The van der Waals surface area contributed by atoms with Crippen molar-refractivity contribution in [3.63, 3.8) is 0 Å². The van der Waals surface area contributed by atoms with Crippen LogP contribution in [0, 0.1) is 6.92 Å². The molecule has 0 amide bonds. The van der Waals surface area contributed by atoms with E-state index in [2.05, 4.69) is 15.0 Å². The summed E-state index contributed by atoms with van der Waals surface area (Å²) >= 11 is 0. The highest BCUT2D eigenvalue weighted by Crippen LogP contribution is 2.29. The Labute approximate surface area is 113 Å². The molecule has 2 heterocycles. The van der Waals surface area contributed by atoms with Gasteiger partial charge in [-0.2, -0.15) is 0 Å². The molecule has 0 aliphatic rings.